The van der Waals surface area contributed by atoms with E-state index in [4.69, 9.17) is 4.74 Å². The number of nitrogens with one attached hydrogen (secondary N) is 5. The van der Waals surface area contributed by atoms with Crippen LogP contribution in [0.15, 0.2) is 48.9 Å². The molecule has 3 fully saturated rings. The maximum Gasteiger partial charge on any atom is 0.410 e. The highest BCUT2D eigenvalue weighted by Crippen LogP contribution is 2.30. The standard InChI is InChI=1S/C46H66N10O10/c1-7-15-31(38(58)42(62)49-25-35(57)52-36(43(63)54(5)6)28-16-10-8-11-17-28)50-39(59)30-26-55(45(65)66-46(2,3)4)27-33(30)51-41(61)34-20-14-23-56(34)44(64)37(29-18-12-9-13-19-29)53-40(60)32-24-47-21-22-48-32/h8,10-11,16-17,21-22,24,29-31,33-34,36-38,58H,7,9,12-15,18-20,23,25-27H2,1-6H3,(H,49,62)(H,50,59)(H,51,61)(H,52,57)(H,53,60)/t30-,31+,33+,34+,36+,37+,38?/m1/s1. The highest BCUT2D eigenvalue weighted by Gasteiger charge is 2.46. The van der Waals surface area contributed by atoms with Crippen LogP contribution in [0.25, 0.3) is 0 Å². The predicted molar refractivity (Wildman–Crippen MR) is 240 cm³/mol. The number of nitrogens with zero attached hydrogens (tertiary/aromatic N) is 5. The van der Waals surface area contributed by atoms with Crippen molar-refractivity contribution in [2.45, 2.75) is 127 Å². The van der Waals surface area contributed by atoms with Gasteiger partial charge in [0.25, 0.3) is 11.8 Å². The fourth-order valence-electron chi connectivity index (χ4n) is 8.70. The Kier molecular flexibility index (Phi) is 18.0. The summed E-state index contributed by atoms with van der Waals surface area (Å²) in [5.74, 6) is -5.40. The van der Waals surface area contributed by atoms with Crippen LogP contribution in [0.1, 0.15) is 108 Å². The highest BCUT2D eigenvalue weighted by atomic mass is 16.6. The third-order valence-corrected chi connectivity index (χ3v) is 12.1. The van der Waals surface area contributed by atoms with Crippen LogP contribution in [0.4, 0.5) is 4.79 Å². The summed E-state index contributed by atoms with van der Waals surface area (Å²) in [4.78, 5) is 121. The summed E-state index contributed by atoms with van der Waals surface area (Å²) < 4.78 is 5.61. The van der Waals surface area contributed by atoms with Crippen molar-refractivity contribution >= 4 is 47.4 Å². The summed E-state index contributed by atoms with van der Waals surface area (Å²) in [5, 5.41) is 24.9. The Bertz CT molecular complexity index is 2030. The van der Waals surface area contributed by atoms with Gasteiger partial charge in [-0.25, -0.2) is 9.78 Å². The Balaban J connectivity index is 1.28. The van der Waals surface area contributed by atoms with Gasteiger partial charge in [-0.3, -0.25) is 38.5 Å². The lowest BCUT2D eigenvalue weighted by Gasteiger charge is -2.35. The number of rotatable bonds is 17. The van der Waals surface area contributed by atoms with E-state index >= 15 is 0 Å². The largest absolute Gasteiger partial charge is 0.444 e. The van der Waals surface area contributed by atoms with E-state index in [0.29, 0.717) is 24.8 Å². The minimum atomic E-state index is -1.81. The number of aliphatic hydroxyl groups excluding tert-OH is 1. The molecule has 2 saturated heterocycles. The van der Waals surface area contributed by atoms with Crippen molar-refractivity contribution < 1.29 is 48.2 Å². The Labute approximate surface area is 385 Å². The summed E-state index contributed by atoms with van der Waals surface area (Å²) in [6.45, 7) is 6.28. The first-order valence-electron chi connectivity index (χ1n) is 22.9. The number of ether oxygens (including phenoxy) is 1. The lowest BCUT2D eigenvalue weighted by atomic mass is 9.83. The summed E-state index contributed by atoms with van der Waals surface area (Å²) >= 11 is 0. The number of hydrogen-bond donors (Lipinski definition) is 6. The molecule has 2 aromatic rings. The molecule has 2 aliphatic heterocycles. The molecule has 360 valence electrons. The minimum absolute atomic E-state index is 0.0609. The molecular formula is C46H66N10O10. The van der Waals surface area contributed by atoms with E-state index in [2.05, 4.69) is 36.6 Å². The van der Waals surface area contributed by atoms with Crippen LogP contribution in [0.2, 0.25) is 0 Å². The SMILES string of the molecule is CCC[C@H](NC(=O)[C@@H]1CN(C(=O)OC(C)(C)C)C[C@@H]1NC(=O)[C@@H]1CCCN1C(=O)[C@@H](NC(=O)c1cnccn1)C1CCCCC1)C(O)C(=O)NCC(=O)N[C@H](C(=O)N(C)C)c1ccccc1. The quantitative estimate of drug-likeness (QED) is 0.131. The molecule has 3 aliphatic rings. The van der Waals surface area contributed by atoms with Crippen molar-refractivity contribution in [1.82, 2.24) is 51.3 Å². The van der Waals surface area contributed by atoms with Crippen LogP contribution in [-0.2, 0) is 33.5 Å². The van der Waals surface area contributed by atoms with Crippen molar-refractivity contribution in [3.63, 3.8) is 0 Å². The molecule has 66 heavy (non-hydrogen) atoms. The molecule has 3 heterocycles. The molecule has 5 rings (SSSR count). The molecule has 0 radical (unpaired) electrons. The van der Waals surface area contributed by atoms with Crippen LogP contribution < -0.4 is 26.6 Å². The number of aromatic nitrogens is 2. The molecule has 0 bridgehead atoms. The van der Waals surface area contributed by atoms with Crippen molar-refractivity contribution in [2.24, 2.45) is 11.8 Å². The number of hydrogen-bond acceptors (Lipinski definition) is 12. The van der Waals surface area contributed by atoms with Gasteiger partial charge in [0.1, 0.15) is 29.4 Å². The van der Waals surface area contributed by atoms with E-state index in [1.54, 1.807) is 72.1 Å². The van der Waals surface area contributed by atoms with Crippen LogP contribution in [0, 0.1) is 11.8 Å². The number of amides is 8. The number of benzene rings is 1. The molecule has 1 aliphatic carbocycles. The van der Waals surface area contributed by atoms with Crippen molar-refractivity contribution in [3.8, 4) is 0 Å². The number of likely N-dealkylation sites (N-methyl/N-ethyl adjacent to an activating group) is 1. The molecule has 1 aromatic heterocycles. The zero-order chi connectivity index (χ0) is 48.1. The zero-order valence-electron chi connectivity index (χ0n) is 38.8. The summed E-state index contributed by atoms with van der Waals surface area (Å²) in [6.07, 6.45) is 7.30. The van der Waals surface area contributed by atoms with Gasteiger partial charge < -0.3 is 51.1 Å². The van der Waals surface area contributed by atoms with Gasteiger partial charge >= 0.3 is 6.09 Å². The Morgan fingerprint density at radius 3 is 2.24 bits per heavy atom. The lowest BCUT2D eigenvalue weighted by molar-refractivity contribution is -0.141. The second-order valence-electron chi connectivity index (χ2n) is 18.4. The lowest BCUT2D eigenvalue weighted by Crippen LogP contribution is -2.58. The molecule has 20 nitrogen and oxygen atoms in total. The van der Waals surface area contributed by atoms with E-state index in [-0.39, 0.29) is 37.7 Å². The molecular weight excluding hydrogens is 853 g/mol. The number of carbonyl (C=O) groups excluding carboxylic acids is 8. The number of carbonyl (C=O) groups is 8. The monoisotopic (exact) mass is 918 g/mol. The number of likely N-dealkylation sites (tertiary alicyclic amines) is 2. The van der Waals surface area contributed by atoms with Gasteiger partial charge in [-0.1, -0.05) is 62.9 Å². The maximum atomic E-state index is 14.4. The van der Waals surface area contributed by atoms with Gasteiger partial charge in [-0.15, -0.1) is 0 Å². The Morgan fingerprint density at radius 1 is 0.894 bits per heavy atom. The zero-order valence-corrected chi connectivity index (χ0v) is 38.8. The van der Waals surface area contributed by atoms with Crippen molar-refractivity contribution in [1.29, 1.82) is 0 Å². The van der Waals surface area contributed by atoms with Gasteiger partial charge in [0.05, 0.1) is 30.7 Å². The molecule has 6 N–H and O–H groups in total. The molecule has 20 heteroatoms. The molecule has 1 aromatic carbocycles. The van der Waals surface area contributed by atoms with E-state index in [9.17, 15) is 43.5 Å². The summed E-state index contributed by atoms with van der Waals surface area (Å²) in [5.41, 5.74) is -0.277. The average Bonchev–Trinajstić information content (AvgIpc) is 3.97. The topological polar surface area (TPSA) is 262 Å². The second kappa shape index (κ2) is 23.3. The van der Waals surface area contributed by atoms with E-state index < -0.39 is 102 Å². The predicted octanol–water partition coefficient (Wildman–Crippen LogP) is 1.21. The fourth-order valence-corrected chi connectivity index (χ4v) is 8.70. The van der Waals surface area contributed by atoms with Crippen LogP contribution >= 0.6 is 0 Å². The van der Waals surface area contributed by atoms with Gasteiger partial charge in [0.15, 0.2) is 6.10 Å². The minimum Gasteiger partial charge on any atom is -0.444 e. The first-order valence-corrected chi connectivity index (χ1v) is 22.9. The summed E-state index contributed by atoms with van der Waals surface area (Å²) in [6, 6.07) is 3.61. The number of aliphatic hydroxyl groups is 1. The van der Waals surface area contributed by atoms with E-state index in [1.807, 2.05) is 0 Å². The summed E-state index contributed by atoms with van der Waals surface area (Å²) in [7, 11) is 3.10. The average molecular weight is 919 g/mol. The molecule has 1 unspecified atom stereocenters. The highest BCUT2D eigenvalue weighted by molar-refractivity contribution is 5.98. The van der Waals surface area contributed by atoms with Gasteiger partial charge in [0.2, 0.25) is 29.5 Å². The smallest absolute Gasteiger partial charge is 0.410 e. The van der Waals surface area contributed by atoms with Crippen molar-refractivity contribution in [2.75, 3.05) is 40.3 Å². The molecule has 1 saturated carbocycles. The first-order chi connectivity index (χ1) is 31.4. The normalized spacial score (nSPS) is 20.5. The Hall–Kier alpha value is -6.18. The third kappa shape index (κ3) is 13.7. The van der Waals surface area contributed by atoms with Crippen molar-refractivity contribution in [3.05, 3.63) is 60.2 Å². The Morgan fingerprint density at radius 2 is 1.61 bits per heavy atom. The van der Waals surface area contributed by atoms with Crippen LogP contribution in [-0.4, -0.2) is 153 Å². The molecule has 8 amide bonds. The van der Waals surface area contributed by atoms with Gasteiger partial charge in [-0.2, -0.15) is 0 Å². The van der Waals surface area contributed by atoms with Crippen LogP contribution in [0.3, 0.4) is 0 Å². The third-order valence-electron chi connectivity index (χ3n) is 12.1. The van der Waals surface area contributed by atoms with Gasteiger partial charge in [0, 0.05) is 46.1 Å². The van der Waals surface area contributed by atoms with Gasteiger partial charge in [-0.05, 0) is 64.4 Å². The second-order valence-corrected chi connectivity index (χ2v) is 18.4. The van der Waals surface area contributed by atoms with E-state index in [0.717, 1.165) is 32.1 Å². The maximum absolute atomic E-state index is 14.4. The first kappa shape index (κ1) is 50.8. The molecule has 0 spiro atoms. The fraction of sp³-hybridized carbons (Fsp3) is 0.609. The van der Waals surface area contributed by atoms with E-state index in [1.165, 1.54) is 33.3 Å². The van der Waals surface area contributed by atoms with Crippen LogP contribution in [0.5, 0.6) is 0 Å². The molecule has 7 atom stereocenters.